The van der Waals surface area contributed by atoms with Crippen molar-refractivity contribution in [1.29, 1.82) is 0 Å². The van der Waals surface area contributed by atoms with Crippen molar-refractivity contribution in [1.82, 2.24) is 19.6 Å². The number of aryl methyl sites for hydroxylation is 3. The summed E-state index contributed by atoms with van der Waals surface area (Å²) in [6.07, 6.45) is 9.20. The van der Waals surface area contributed by atoms with Gasteiger partial charge in [-0.3, -0.25) is 0 Å². The molecule has 0 saturated carbocycles. The molecule has 0 radical (unpaired) electrons. The Morgan fingerprint density at radius 3 is 2.82 bits per heavy atom. The first kappa shape index (κ1) is 25.7. The van der Waals surface area contributed by atoms with E-state index in [-0.39, 0.29) is 0 Å². The van der Waals surface area contributed by atoms with Crippen molar-refractivity contribution in [2.75, 3.05) is 18.0 Å². The van der Waals surface area contributed by atoms with Gasteiger partial charge in [-0.2, -0.15) is 5.10 Å². The Bertz CT molecular complexity index is 1460. The number of amidine groups is 1. The molecule has 0 aliphatic carbocycles. The number of aliphatic imine (C=N–C) groups is 1. The van der Waals surface area contributed by atoms with Crippen LogP contribution in [-0.2, 0) is 6.42 Å². The van der Waals surface area contributed by atoms with Gasteiger partial charge in [0.05, 0.1) is 5.69 Å². The Labute approximate surface area is 224 Å². The fourth-order valence-electron chi connectivity index (χ4n) is 5.08. The van der Waals surface area contributed by atoms with Crippen LogP contribution >= 0.6 is 0 Å². The highest BCUT2D eigenvalue weighted by Gasteiger charge is 2.23. The highest BCUT2D eigenvalue weighted by atomic mass is 16.5. The maximum atomic E-state index is 6.57. The minimum Gasteiger partial charge on any atom is -0.457 e. The summed E-state index contributed by atoms with van der Waals surface area (Å²) >= 11 is 0. The van der Waals surface area contributed by atoms with Crippen molar-refractivity contribution >= 4 is 23.0 Å². The number of nitrogens with two attached hydrogens (primary N) is 1. The first-order valence-electron chi connectivity index (χ1n) is 13.6. The molecule has 1 unspecified atom stereocenters. The third-order valence-electron chi connectivity index (χ3n) is 7.17. The fraction of sp³-hybridized carbons (Fsp3) is 0.400. The van der Waals surface area contributed by atoms with Crippen LogP contribution in [0.2, 0.25) is 0 Å². The molecular weight excluding hydrogens is 474 g/mol. The largest absolute Gasteiger partial charge is 0.457 e. The molecule has 0 bridgehead atoms. The second-order valence-electron chi connectivity index (χ2n) is 10.4. The predicted molar refractivity (Wildman–Crippen MR) is 153 cm³/mol. The zero-order chi connectivity index (χ0) is 26.6. The van der Waals surface area contributed by atoms with Gasteiger partial charge >= 0.3 is 0 Å². The summed E-state index contributed by atoms with van der Waals surface area (Å²) in [6.45, 7) is 10.7. The third kappa shape index (κ3) is 5.64. The van der Waals surface area contributed by atoms with Gasteiger partial charge in [0.1, 0.15) is 35.2 Å². The summed E-state index contributed by atoms with van der Waals surface area (Å²) in [6, 6.07) is 11.8. The number of benzene rings is 1. The van der Waals surface area contributed by atoms with Crippen molar-refractivity contribution in [3.63, 3.8) is 0 Å². The number of aromatic nitrogens is 4. The summed E-state index contributed by atoms with van der Waals surface area (Å²) in [7, 11) is 0. The van der Waals surface area contributed by atoms with E-state index in [9.17, 15) is 0 Å². The van der Waals surface area contributed by atoms with Gasteiger partial charge in [-0.1, -0.05) is 32.8 Å². The molecule has 5 rings (SSSR count). The number of fused-ring (bicyclic) bond motifs is 2. The molecule has 198 valence electrons. The van der Waals surface area contributed by atoms with Gasteiger partial charge in [-0.15, -0.1) is 0 Å². The first-order chi connectivity index (χ1) is 18.4. The van der Waals surface area contributed by atoms with Crippen LogP contribution in [-0.4, -0.2) is 38.5 Å². The Balaban J connectivity index is 1.39. The summed E-state index contributed by atoms with van der Waals surface area (Å²) in [5, 5.41) is 4.12. The van der Waals surface area contributed by atoms with Crippen molar-refractivity contribution in [3.05, 3.63) is 71.3 Å². The lowest BCUT2D eigenvalue weighted by molar-refractivity contribution is 0.478. The molecule has 1 atom stereocenters. The molecule has 0 saturated heterocycles. The maximum absolute atomic E-state index is 6.57. The molecule has 1 aliphatic rings. The van der Waals surface area contributed by atoms with E-state index in [1.54, 1.807) is 4.52 Å². The fourth-order valence-corrected chi connectivity index (χ4v) is 5.08. The van der Waals surface area contributed by atoms with E-state index < -0.39 is 0 Å². The van der Waals surface area contributed by atoms with Crippen LogP contribution < -0.4 is 15.4 Å². The van der Waals surface area contributed by atoms with Crippen LogP contribution in [0.25, 0.3) is 5.65 Å². The maximum Gasteiger partial charge on any atom is 0.158 e. The summed E-state index contributed by atoms with van der Waals surface area (Å²) in [5.74, 6) is 3.60. The van der Waals surface area contributed by atoms with Gasteiger partial charge in [0, 0.05) is 25.4 Å². The topological polar surface area (TPSA) is 93.9 Å². The normalized spacial score (nSPS) is 15.9. The zero-order valence-electron chi connectivity index (χ0n) is 22.8. The lowest BCUT2D eigenvalue weighted by Gasteiger charge is -2.26. The Morgan fingerprint density at radius 1 is 1.13 bits per heavy atom. The molecule has 38 heavy (non-hydrogen) atoms. The SMILES string of the molecule is CCCCCN1CC(C)CCc2cc(C)c(C(N)=Nc3ccc(Oc4ccn5ncnc5c4)c(C)c3)nc21. The smallest absolute Gasteiger partial charge is 0.158 e. The monoisotopic (exact) mass is 511 g/mol. The van der Waals surface area contributed by atoms with E-state index in [4.69, 9.17) is 20.4 Å². The molecule has 3 aromatic heterocycles. The minimum absolute atomic E-state index is 0.432. The van der Waals surface area contributed by atoms with Gasteiger partial charge in [0.15, 0.2) is 5.65 Å². The lowest BCUT2D eigenvalue weighted by atomic mass is 10.0. The number of hydrogen-bond donors (Lipinski definition) is 1. The molecule has 8 nitrogen and oxygen atoms in total. The lowest BCUT2D eigenvalue weighted by Crippen LogP contribution is -2.30. The zero-order valence-corrected chi connectivity index (χ0v) is 22.8. The second-order valence-corrected chi connectivity index (χ2v) is 10.4. The van der Waals surface area contributed by atoms with E-state index in [0.717, 1.165) is 59.2 Å². The quantitative estimate of drug-likeness (QED) is 0.173. The second kappa shape index (κ2) is 11.2. The van der Waals surface area contributed by atoms with Crippen LogP contribution in [0, 0.1) is 19.8 Å². The molecule has 0 fully saturated rings. The Hall–Kier alpha value is -3.94. The summed E-state index contributed by atoms with van der Waals surface area (Å²) < 4.78 is 7.80. The summed E-state index contributed by atoms with van der Waals surface area (Å²) in [5.41, 5.74) is 12.2. The van der Waals surface area contributed by atoms with Crippen LogP contribution in [0.3, 0.4) is 0 Å². The number of ether oxygens (including phenoxy) is 1. The van der Waals surface area contributed by atoms with Crippen molar-refractivity contribution in [2.24, 2.45) is 16.6 Å². The van der Waals surface area contributed by atoms with Crippen LogP contribution in [0.15, 0.2) is 53.9 Å². The van der Waals surface area contributed by atoms with Crippen molar-refractivity contribution < 1.29 is 4.74 Å². The highest BCUT2D eigenvalue weighted by molar-refractivity contribution is 5.99. The van der Waals surface area contributed by atoms with Crippen LogP contribution in [0.5, 0.6) is 11.5 Å². The number of hydrogen-bond acceptors (Lipinski definition) is 6. The number of rotatable bonds is 8. The van der Waals surface area contributed by atoms with Gasteiger partial charge in [0.25, 0.3) is 0 Å². The molecule has 4 aromatic rings. The van der Waals surface area contributed by atoms with Gasteiger partial charge in [0.2, 0.25) is 0 Å². The molecule has 1 aliphatic heterocycles. The molecule has 8 heteroatoms. The predicted octanol–water partition coefficient (Wildman–Crippen LogP) is 6.15. The standard InChI is InChI=1S/C30H37N7O/c1-5-6-7-13-36-18-20(2)8-9-23-15-22(4)28(35-30(23)36)29(31)34-24-10-11-26(21(3)16-24)38-25-12-14-37-27(17-25)32-19-33-37/h10-12,14-17,19-20H,5-9,13,18H2,1-4H3,(H2,31,34). The van der Waals surface area contributed by atoms with E-state index in [1.165, 1.54) is 37.6 Å². The number of pyridine rings is 2. The van der Waals surface area contributed by atoms with E-state index >= 15 is 0 Å². The molecule has 4 heterocycles. The van der Waals surface area contributed by atoms with E-state index in [2.05, 4.69) is 41.8 Å². The molecule has 2 N–H and O–H groups in total. The van der Waals surface area contributed by atoms with Gasteiger partial charge < -0.3 is 15.4 Å². The van der Waals surface area contributed by atoms with E-state index in [1.807, 2.05) is 43.5 Å². The highest BCUT2D eigenvalue weighted by Crippen LogP contribution is 2.31. The molecule has 0 spiro atoms. The van der Waals surface area contributed by atoms with Crippen LogP contribution in [0.1, 0.15) is 61.9 Å². The average Bonchev–Trinajstić information content (AvgIpc) is 3.30. The van der Waals surface area contributed by atoms with Crippen LogP contribution in [0.4, 0.5) is 11.5 Å². The van der Waals surface area contributed by atoms with Crippen molar-refractivity contribution in [2.45, 2.75) is 59.8 Å². The van der Waals surface area contributed by atoms with Crippen molar-refractivity contribution in [3.8, 4) is 11.5 Å². The van der Waals surface area contributed by atoms with Gasteiger partial charge in [-0.05, 0) is 80.0 Å². The van der Waals surface area contributed by atoms with E-state index in [0.29, 0.717) is 17.5 Å². The number of nitrogens with zero attached hydrogens (tertiary/aromatic N) is 6. The molecule has 1 aromatic carbocycles. The molecule has 0 amide bonds. The average molecular weight is 512 g/mol. The number of anilines is 1. The van der Waals surface area contributed by atoms with Gasteiger partial charge in [-0.25, -0.2) is 19.5 Å². The Kier molecular flexibility index (Phi) is 7.58. The first-order valence-corrected chi connectivity index (χ1v) is 13.6. The Morgan fingerprint density at radius 2 is 2.00 bits per heavy atom. The molecular formula is C30H37N7O. The summed E-state index contributed by atoms with van der Waals surface area (Å²) in [4.78, 5) is 16.5. The number of unbranched alkanes of at least 4 members (excludes halogenated alkanes) is 2. The minimum atomic E-state index is 0.432. The third-order valence-corrected chi connectivity index (χ3v) is 7.17.